The molecular formula is C13H15N5O2S2. The molecule has 2 aromatic heterocycles. The normalized spacial score (nSPS) is 12.3. The van der Waals surface area contributed by atoms with E-state index in [1.54, 1.807) is 18.3 Å². The molecule has 1 unspecified atom stereocenters. The van der Waals surface area contributed by atoms with Gasteiger partial charge in [-0.1, -0.05) is 17.8 Å². The van der Waals surface area contributed by atoms with Crippen molar-refractivity contribution in [3.63, 3.8) is 0 Å². The minimum atomic E-state index is -0.535. The van der Waals surface area contributed by atoms with E-state index >= 15 is 0 Å². The summed E-state index contributed by atoms with van der Waals surface area (Å²) in [5, 5.41) is 13.3. The molecule has 0 bridgehead atoms. The predicted molar refractivity (Wildman–Crippen MR) is 87.5 cm³/mol. The first-order valence-electron chi connectivity index (χ1n) is 6.41. The standard InChI is InChI=1S/C13H15N5O2S2/c1-8(11(19)16-12(20)14-2)22-13-15-10(17-18-13)6-5-9-4-3-7-21-9/h3-8H,1-2H3,(H,15,17,18)(H2,14,16,19,20). The molecule has 22 heavy (non-hydrogen) atoms. The number of aromatic amines is 1. The van der Waals surface area contributed by atoms with Crippen molar-refractivity contribution < 1.29 is 9.59 Å². The predicted octanol–water partition coefficient (Wildman–Crippen LogP) is 1.97. The van der Waals surface area contributed by atoms with Crippen LogP contribution in [0.4, 0.5) is 4.79 Å². The number of hydrogen-bond donors (Lipinski definition) is 3. The first kappa shape index (κ1) is 16.2. The third-order valence-electron chi connectivity index (χ3n) is 2.55. The molecule has 1 atom stereocenters. The number of carbonyl (C=O) groups is 2. The van der Waals surface area contributed by atoms with Gasteiger partial charge < -0.3 is 5.32 Å². The van der Waals surface area contributed by atoms with E-state index in [1.807, 2.05) is 29.7 Å². The van der Waals surface area contributed by atoms with Gasteiger partial charge in [-0.2, -0.15) is 0 Å². The molecule has 0 spiro atoms. The molecule has 2 rings (SSSR count). The summed E-state index contributed by atoms with van der Waals surface area (Å²) >= 11 is 2.80. The number of thiophene rings is 1. The molecule has 3 amide bonds. The van der Waals surface area contributed by atoms with Crippen LogP contribution in [0, 0.1) is 0 Å². The zero-order chi connectivity index (χ0) is 15.9. The highest BCUT2D eigenvalue weighted by Gasteiger charge is 2.18. The number of imide groups is 1. The largest absolute Gasteiger partial charge is 0.341 e. The summed E-state index contributed by atoms with van der Waals surface area (Å²) in [5.74, 6) is 0.208. The van der Waals surface area contributed by atoms with E-state index in [4.69, 9.17) is 0 Å². The van der Waals surface area contributed by atoms with Gasteiger partial charge in [-0.15, -0.1) is 16.4 Å². The molecule has 116 valence electrons. The van der Waals surface area contributed by atoms with Gasteiger partial charge in [-0.25, -0.2) is 9.78 Å². The highest BCUT2D eigenvalue weighted by Crippen LogP contribution is 2.20. The molecule has 0 aliphatic carbocycles. The van der Waals surface area contributed by atoms with Crippen molar-refractivity contribution in [2.75, 3.05) is 7.05 Å². The molecule has 0 aliphatic heterocycles. The Morgan fingerprint density at radius 1 is 1.45 bits per heavy atom. The van der Waals surface area contributed by atoms with Crippen LogP contribution in [0.3, 0.4) is 0 Å². The van der Waals surface area contributed by atoms with E-state index in [0.29, 0.717) is 11.0 Å². The molecule has 0 aromatic carbocycles. The van der Waals surface area contributed by atoms with Crippen molar-refractivity contribution >= 4 is 47.2 Å². The summed E-state index contributed by atoms with van der Waals surface area (Å²) in [7, 11) is 1.45. The maximum atomic E-state index is 11.7. The summed E-state index contributed by atoms with van der Waals surface area (Å²) in [6.07, 6.45) is 3.75. The lowest BCUT2D eigenvalue weighted by Crippen LogP contribution is -2.41. The first-order chi connectivity index (χ1) is 10.6. The molecule has 7 nitrogen and oxygen atoms in total. The molecule has 0 aliphatic rings. The zero-order valence-electron chi connectivity index (χ0n) is 12.0. The van der Waals surface area contributed by atoms with Crippen LogP contribution in [-0.2, 0) is 4.79 Å². The van der Waals surface area contributed by atoms with Gasteiger partial charge in [0.1, 0.15) is 5.82 Å². The lowest BCUT2D eigenvalue weighted by atomic mass is 10.4. The summed E-state index contributed by atoms with van der Waals surface area (Å²) in [5.41, 5.74) is 0. The maximum absolute atomic E-state index is 11.7. The van der Waals surface area contributed by atoms with E-state index in [0.717, 1.165) is 4.88 Å². The second-order valence-electron chi connectivity index (χ2n) is 4.18. The lowest BCUT2D eigenvalue weighted by molar-refractivity contribution is -0.119. The fourth-order valence-electron chi connectivity index (χ4n) is 1.42. The minimum Gasteiger partial charge on any atom is -0.341 e. The third-order valence-corrected chi connectivity index (χ3v) is 4.34. The van der Waals surface area contributed by atoms with Crippen LogP contribution in [0.25, 0.3) is 12.2 Å². The van der Waals surface area contributed by atoms with Gasteiger partial charge in [0, 0.05) is 11.9 Å². The summed E-state index contributed by atoms with van der Waals surface area (Å²) in [6.45, 7) is 1.68. The van der Waals surface area contributed by atoms with Gasteiger partial charge in [0.2, 0.25) is 11.1 Å². The number of urea groups is 1. The molecule has 0 saturated carbocycles. The Labute approximate surface area is 135 Å². The van der Waals surface area contributed by atoms with Gasteiger partial charge in [0.25, 0.3) is 0 Å². The number of nitrogens with zero attached hydrogens (tertiary/aromatic N) is 2. The van der Waals surface area contributed by atoms with E-state index in [9.17, 15) is 9.59 Å². The molecule has 2 heterocycles. The summed E-state index contributed by atoms with van der Waals surface area (Å²) in [6, 6.07) is 3.43. The van der Waals surface area contributed by atoms with Gasteiger partial charge in [-0.05, 0) is 30.5 Å². The van der Waals surface area contributed by atoms with Crippen LogP contribution in [-0.4, -0.2) is 39.4 Å². The van der Waals surface area contributed by atoms with Crippen LogP contribution < -0.4 is 10.6 Å². The smallest absolute Gasteiger partial charge is 0.321 e. The fraction of sp³-hybridized carbons (Fsp3) is 0.231. The van der Waals surface area contributed by atoms with E-state index in [2.05, 4.69) is 25.8 Å². The number of H-pyrrole nitrogens is 1. The van der Waals surface area contributed by atoms with Crippen molar-refractivity contribution in [3.8, 4) is 0 Å². The Morgan fingerprint density at radius 3 is 2.95 bits per heavy atom. The quantitative estimate of drug-likeness (QED) is 0.724. The van der Waals surface area contributed by atoms with Gasteiger partial charge in [0.15, 0.2) is 0 Å². The Hall–Kier alpha value is -2.13. The molecule has 3 N–H and O–H groups in total. The number of carbonyl (C=O) groups excluding carboxylic acids is 2. The highest BCUT2D eigenvalue weighted by atomic mass is 32.2. The fourth-order valence-corrected chi connectivity index (χ4v) is 2.77. The number of amides is 3. The molecular weight excluding hydrogens is 322 g/mol. The minimum absolute atomic E-state index is 0.398. The highest BCUT2D eigenvalue weighted by molar-refractivity contribution is 8.00. The van der Waals surface area contributed by atoms with Crippen LogP contribution in [0.5, 0.6) is 0 Å². The van der Waals surface area contributed by atoms with Crippen molar-refractivity contribution in [2.45, 2.75) is 17.3 Å². The van der Waals surface area contributed by atoms with Crippen molar-refractivity contribution in [1.29, 1.82) is 0 Å². The Bertz CT molecular complexity index is 666. The Kier molecular flexibility index (Phi) is 5.73. The van der Waals surface area contributed by atoms with Crippen LogP contribution in [0.15, 0.2) is 22.7 Å². The van der Waals surface area contributed by atoms with Gasteiger partial charge in [0.05, 0.1) is 5.25 Å². The number of nitrogens with one attached hydrogen (secondary N) is 3. The number of rotatable bonds is 5. The monoisotopic (exact) mass is 337 g/mol. The lowest BCUT2D eigenvalue weighted by Gasteiger charge is -2.08. The van der Waals surface area contributed by atoms with Gasteiger partial charge >= 0.3 is 6.03 Å². The van der Waals surface area contributed by atoms with E-state index in [-0.39, 0.29) is 0 Å². The SMILES string of the molecule is CNC(=O)NC(=O)C(C)Sc1n[nH]c(C=Cc2cccs2)n1. The number of thioether (sulfide) groups is 1. The second kappa shape index (κ2) is 7.76. The van der Waals surface area contributed by atoms with Crippen LogP contribution >= 0.6 is 23.1 Å². The number of hydrogen-bond acceptors (Lipinski definition) is 6. The second-order valence-corrected chi connectivity index (χ2v) is 6.47. The van der Waals surface area contributed by atoms with Crippen LogP contribution in [0.2, 0.25) is 0 Å². The Morgan fingerprint density at radius 2 is 2.27 bits per heavy atom. The van der Waals surface area contributed by atoms with Crippen molar-refractivity contribution in [1.82, 2.24) is 25.8 Å². The summed E-state index contributed by atoms with van der Waals surface area (Å²) < 4.78 is 0. The molecule has 9 heteroatoms. The average molecular weight is 337 g/mol. The van der Waals surface area contributed by atoms with Crippen molar-refractivity contribution in [3.05, 3.63) is 28.2 Å². The van der Waals surface area contributed by atoms with E-state index in [1.165, 1.54) is 18.8 Å². The third kappa shape index (κ3) is 4.71. The number of aromatic nitrogens is 3. The first-order valence-corrected chi connectivity index (χ1v) is 8.17. The topological polar surface area (TPSA) is 99.8 Å². The molecule has 2 aromatic rings. The molecule has 0 radical (unpaired) electrons. The summed E-state index contributed by atoms with van der Waals surface area (Å²) in [4.78, 5) is 28.2. The molecule has 0 fully saturated rings. The maximum Gasteiger partial charge on any atom is 0.321 e. The average Bonchev–Trinajstić information content (AvgIpc) is 3.16. The van der Waals surface area contributed by atoms with Crippen molar-refractivity contribution in [2.24, 2.45) is 0 Å². The Balaban J connectivity index is 1.91. The van der Waals surface area contributed by atoms with Gasteiger partial charge in [-0.3, -0.25) is 15.2 Å². The zero-order valence-corrected chi connectivity index (χ0v) is 13.6. The van der Waals surface area contributed by atoms with E-state index < -0.39 is 17.2 Å². The van der Waals surface area contributed by atoms with Crippen LogP contribution in [0.1, 0.15) is 17.6 Å². The molecule has 0 saturated heterocycles.